The van der Waals surface area contributed by atoms with E-state index in [0.717, 1.165) is 21.7 Å². The number of aromatic nitrogens is 6. The van der Waals surface area contributed by atoms with Crippen molar-refractivity contribution in [2.24, 2.45) is 0 Å². The zero-order valence-electron chi connectivity index (χ0n) is 24.5. The topological polar surface area (TPSA) is 114 Å². The van der Waals surface area contributed by atoms with Gasteiger partial charge >= 0.3 is 12.4 Å². The molecule has 4 heterocycles. The fourth-order valence-corrected chi connectivity index (χ4v) is 5.52. The van der Waals surface area contributed by atoms with E-state index < -0.39 is 24.5 Å². The summed E-state index contributed by atoms with van der Waals surface area (Å²) < 4.78 is 83.7. The molecule has 242 valence electrons. The third kappa shape index (κ3) is 6.25. The molecule has 0 aliphatic carbocycles. The molecule has 0 unspecified atom stereocenters. The maximum atomic E-state index is 13.4. The fourth-order valence-electron chi connectivity index (χ4n) is 4.94. The van der Waals surface area contributed by atoms with Crippen LogP contribution in [0.25, 0.3) is 32.9 Å². The van der Waals surface area contributed by atoms with Crippen molar-refractivity contribution < 1.29 is 31.4 Å². The third-order valence-electron chi connectivity index (χ3n) is 7.50. The van der Waals surface area contributed by atoms with Gasteiger partial charge in [0.15, 0.2) is 0 Å². The summed E-state index contributed by atoms with van der Waals surface area (Å²) in [6.07, 6.45) is -5.85. The molecular formula is C31H24F6N8OS. The molecule has 0 radical (unpaired) electrons. The first kappa shape index (κ1) is 32.0. The Kier molecular flexibility index (Phi) is 8.17. The molecule has 3 N–H and O–H groups in total. The van der Waals surface area contributed by atoms with Crippen molar-refractivity contribution in [2.75, 3.05) is 10.0 Å². The van der Waals surface area contributed by atoms with Crippen molar-refractivity contribution in [3.8, 4) is 11.3 Å². The summed E-state index contributed by atoms with van der Waals surface area (Å²) >= 11 is 1.36. The van der Waals surface area contributed by atoms with Crippen LogP contribution < -0.4 is 10.0 Å². The van der Waals surface area contributed by atoms with E-state index in [2.05, 4.69) is 35.1 Å². The summed E-state index contributed by atoms with van der Waals surface area (Å²) in [4.78, 5) is 18.5. The number of hydrogen-bond donors (Lipinski definition) is 3. The molecule has 0 bridgehead atoms. The highest BCUT2D eigenvalue weighted by Crippen LogP contribution is 2.44. The highest BCUT2D eigenvalue weighted by molar-refractivity contribution is 8.00. The van der Waals surface area contributed by atoms with E-state index in [-0.39, 0.29) is 5.52 Å². The zero-order chi connectivity index (χ0) is 33.6. The van der Waals surface area contributed by atoms with E-state index in [9.17, 15) is 31.4 Å². The van der Waals surface area contributed by atoms with Gasteiger partial charge in [0.2, 0.25) is 5.95 Å². The number of nitrogens with one attached hydrogen (secondary N) is 2. The van der Waals surface area contributed by atoms with Gasteiger partial charge in [-0.2, -0.15) is 31.4 Å². The van der Waals surface area contributed by atoms with Gasteiger partial charge in [-0.1, -0.05) is 6.07 Å². The van der Waals surface area contributed by atoms with E-state index >= 15 is 0 Å². The molecule has 0 amide bonds. The van der Waals surface area contributed by atoms with Gasteiger partial charge in [0.25, 0.3) is 5.60 Å². The minimum atomic E-state index is -5.97. The van der Waals surface area contributed by atoms with Crippen LogP contribution in [0.1, 0.15) is 11.3 Å². The Balaban J connectivity index is 1.26. The van der Waals surface area contributed by atoms with E-state index in [1.807, 2.05) is 37.3 Å². The highest BCUT2D eigenvalue weighted by Gasteiger charge is 2.70. The number of halogens is 6. The van der Waals surface area contributed by atoms with Crippen LogP contribution in [-0.2, 0) is 6.54 Å². The number of pyridine rings is 2. The quantitative estimate of drug-likeness (QED) is 0.110. The van der Waals surface area contributed by atoms with Crippen LogP contribution in [-0.4, -0.2) is 52.8 Å². The van der Waals surface area contributed by atoms with E-state index in [1.165, 1.54) is 24.2 Å². The number of rotatable bonds is 8. The van der Waals surface area contributed by atoms with Crippen molar-refractivity contribution in [2.45, 2.75) is 43.2 Å². The smallest absolute Gasteiger partial charge is 0.372 e. The summed E-state index contributed by atoms with van der Waals surface area (Å²) in [6, 6.07) is 15.9. The number of nitrogens with zero attached hydrogens (tertiary/aromatic N) is 6. The van der Waals surface area contributed by atoms with Gasteiger partial charge in [0.1, 0.15) is 5.82 Å². The predicted octanol–water partition coefficient (Wildman–Crippen LogP) is 7.77. The van der Waals surface area contributed by atoms with E-state index in [1.54, 1.807) is 43.7 Å². The number of hydrogen-bond acceptors (Lipinski definition) is 9. The van der Waals surface area contributed by atoms with Crippen molar-refractivity contribution in [3.63, 3.8) is 0 Å². The van der Waals surface area contributed by atoms with Crippen LogP contribution in [0.3, 0.4) is 0 Å². The Labute approximate surface area is 267 Å². The van der Waals surface area contributed by atoms with Crippen molar-refractivity contribution in [1.29, 1.82) is 0 Å². The first-order valence-electron chi connectivity index (χ1n) is 13.9. The Morgan fingerprint density at radius 1 is 0.830 bits per heavy atom. The van der Waals surface area contributed by atoms with Gasteiger partial charge in [-0.25, -0.2) is 15.0 Å². The minimum Gasteiger partial charge on any atom is -0.372 e. The monoisotopic (exact) mass is 670 g/mol. The lowest BCUT2D eigenvalue weighted by molar-refractivity contribution is -0.372. The number of anilines is 3. The van der Waals surface area contributed by atoms with Crippen molar-refractivity contribution in [3.05, 3.63) is 90.6 Å². The number of benzene rings is 2. The number of aliphatic hydroxyl groups is 1. The largest absolute Gasteiger partial charge is 0.428 e. The number of fused-ring (bicyclic) bond motifs is 2. The van der Waals surface area contributed by atoms with Crippen molar-refractivity contribution >= 4 is 51.1 Å². The molecule has 0 saturated carbocycles. The summed E-state index contributed by atoms with van der Waals surface area (Å²) in [5, 5.41) is 18.5. The summed E-state index contributed by atoms with van der Waals surface area (Å²) in [7, 11) is 0. The maximum Gasteiger partial charge on any atom is 0.428 e. The standard InChI is InChI=1S/C31H24F6N8OS/c1-17-9-11-39-28(42-17)44-47-21-5-3-20(4-6-21)43-26-13-23-19(14-40-26)10-12-38-27(23)22-7-8-25-24(18(22)2)15-41-45(25)16-29(46,30(32,33)34)31(35,36)37/h3-15,46H,16H2,1-2H3,(H,40,43)(H,39,42,44). The van der Waals surface area contributed by atoms with Gasteiger partial charge in [-0.05, 0) is 79.9 Å². The Morgan fingerprint density at radius 2 is 1.55 bits per heavy atom. The summed E-state index contributed by atoms with van der Waals surface area (Å²) in [5.74, 6) is 1.02. The SMILES string of the molecule is Cc1ccnc(NSc2ccc(Nc3cc4c(-c5ccc6c(cnn6CC(O)(C(F)(F)F)C(F)(F)F)c5C)nccc4cn3)cc2)n1. The minimum absolute atomic E-state index is 0.00866. The van der Waals surface area contributed by atoms with Gasteiger partial charge in [-0.15, -0.1) is 0 Å². The summed E-state index contributed by atoms with van der Waals surface area (Å²) in [6.45, 7) is 1.69. The average molecular weight is 671 g/mol. The van der Waals surface area contributed by atoms with Crippen LogP contribution in [0.2, 0.25) is 0 Å². The molecule has 47 heavy (non-hydrogen) atoms. The second kappa shape index (κ2) is 12.0. The van der Waals surface area contributed by atoms with Crippen LogP contribution in [0.5, 0.6) is 0 Å². The third-order valence-corrected chi connectivity index (χ3v) is 8.29. The van der Waals surface area contributed by atoms with Gasteiger partial charge in [0, 0.05) is 56.6 Å². The van der Waals surface area contributed by atoms with Crippen molar-refractivity contribution in [1.82, 2.24) is 29.7 Å². The summed E-state index contributed by atoms with van der Waals surface area (Å²) in [5.41, 5.74) is -1.73. The molecule has 6 aromatic rings. The second-order valence-corrected chi connectivity index (χ2v) is 11.5. The molecule has 9 nitrogen and oxygen atoms in total. The number of alkyl halides is 6. The average Bonchev–Trinajstić information content (AvgIpc) is 3.43. The Hall–Kier alpha value is -4.96. The lowest BCUT2D eigenvalue weighted by Gasteiger charge is -2.32. The molecule has 2 aromatic carbocycles. The second-order valence-electron chi connectivity index (χ2n) is 10.7. The first-order chi connectivity index (χ1) is 22.2. The normalized spacial score (nSPS) is 12.5. The van der Waals surface area contributed by atoms with E-state index in [4.69, 9.17) is 0 Å². The highest BCUT2D eigenvalue weighted by atomic mass is 32.2. The molecule has 0 spiro atoms. The Morgan fingerprint density at radius 3 is 2.26 bits per heavy atom. The maximum absolute atomic E-state index is 13.4. The molecular weight excluding hydrogens is 646 g/mol. The van der Waals surface area contributed by atoms with Gasteiger partial charge in [0.05, 0.1) is 24.0 Å². The Bertz CT molecular complexity index is 2070. The zero-order valence-corrected chi connectivity index (χ0v) is 25.3. The number of aryl methyl sites for hydroxylation is 2. The van der Waals surface area contributed by atoms with Crippen LogP contribution in [0, 0.1) is 13.8 Å². The lowest BCUT2D eigenvalue weighted by atomic mass is 9.98. The van der Waals surface area contributed by atoms with E-state index in [0.29, 0.717) is 44.0 Å². The van der Waals surface area contributed by atoms with Crippen LogP contribution in [0.4, 0.5) is 43.8 Å². The molecule has 0 aliphatic rings. The predicted molar refractivity (Wildman–Crippen MR) is 166 cm³/mol. The lowest BCUT2D eigenvalue weighted by Crippen LogP contribution is -2.59. The molecule has 6 rings (SSSR count). The fraction of sp³-hybridized carbons (Fsp3) is 0.194. The molecule has 4 aromatic heterocycles. The molecule has 0 aliphatic heterocycles. The molecule has 16 heteroatoms. The molecule has 0 saturated heterocycles. The van der Waals surface area contributed by atoms with Gasteiger partial charge in [-0.3, -0.25) is 14.4 Å². The van der Waals surface area contributed by atoms with Gasteiger partial charge < -0.3 is 10.4 Å². The molecule has 0 atom stereocenters. The van der Waals surface area contributed by atoms with Crippen LogP contribution >= 0.6 is 11.9 Å². The van der Waals surface area contributed by atoms with Crippen LogP contribution in [0.15, 0.2) is 84.3 Å². The first-order valence-corrected chi connectivity index (χ1v) is 14.7. The molecule has 0 fully saturated rings.